The summed E-state index contributed by atoms with van der Waals surface area (Å²) < 4.78 is 26.4. The highest BCUT2D eigenvalue weighted by Gasteiger charge is 2.23. The number of hydrogen-bond donors (Lipinski definition) is 1. The number of benzene rings is 1. The Labute approximate surface area is 148 Å². The molecule has 1 aromatic carbocycles. The molecule has 1 amide bonds. The van der Waals surface area contributed by atoms with Gasteiger partial charge in [0.15, 0.2) is 11.6 Å². The van der Waals surface area contributed by atoms with Crippen molar-refractivity contribution in [2.75, 3.05) is 24.5 Å². The van der Waals surface area contributed by atoms with Crippen LogP contribution >= 0.6 is 0 Å². The van der Waals surface area contributed by atoms with Gasteiger partial charge in [-0.1, -0.05) is 12.5 Å². The van der Waals surface area contributed by atoms with E-state index in [1.807, 2.05) is 4.90 Å². The molecule has 1 atom stereocenters. The minimum atomic E-state index is -0.822. The minimum Gasteiger partial charge on any atom is -0.371 e. The van der Waals surface area contributed by atoms with Gasteiger partial charge in [0, 0.05) is 37.5 Å². The summed E-state index contributed by atoms with van der Waals surface area (Å²) >= 11 is 0. The lowest BCUT2D eigenvalue weighted by molar-refractivity contribution is -0.116. The van der Waals surface area contributed by atoms with Crippen molar-refractivity contribution in [2.24, 2.45) is 11.8 Å². The van der Waals surface area contributed by atoms with Crippen LogP contribution in [0.15, 0.2) is 29.8 Å². The van der Waals surface area contributed by atoms with E-state index in [1.54, 1.807) is 12.1 Å². The van der Waals surface area contributed by atoms with Gasteiger partial charge in [0.1, 0.15) is 0 Å². The number of rotatable bonds is 4. The highest BCUT2D eigenvalue weighted by Crippen LogP contribution is 2.27. The first-order chi connectivity index (χ1) is 12.0. The van der Waals surface area contributed by atoms with Crippen LogP contribution < -0.4 is 10.2 Å². The van der Waals surface area contributed by atoms with Gasteiger partial charge in [0.05, 0.1) is 0 Å². The second kappa shape index (κ2) is 7.98. The third kappa shape index (κ3) is 4.80. The second-order valence-corrected chi connectivity index (χ2v) is 7.43. The first-order valence-electron chi connectivity index (χ1n) is 9.18. The van der Waals surface area contributed by atoms with E-state index in [0.717, 1.165) is 44.3 Å². The Balaban J connectivity index is 1.46. The Hall–Kier alpha value is -1.91. The zero-order valence-corrected chi connectivity index (χ0v) is 14.7. The van der Waals surface area contributed by atoms with E-state index in [-0.39, 0.29) is 5.91 Å². The fourth-order valence-corrected chi connectivity index (χ4v) is 3.67. The van der Waals surface area contributed by atoms with Crippen LogP contribution in [0.4, 0.5) is 14.5 Å². The number of allylic oxidation sites excluding steroid dienone is 1. The maximum absolute atomic E-state index is 13.4. The van der Waals surface area contributed by atoms with Crippen LogP contribution in [0, 0.1) is 23.5 Å². The fraction of sp³-hybridized carbons (Fsp3) is 0.550. The van der Waals surface area contributed by atoms with E-state index in [1.165, 1.54) is 24.5 Å². The van der Waals surface area contributed by atoms with Crippen molar-refractivity contribution in [3.8, 4) is 0 Å². The first-order valence-corrected chi connectivity index (χ1v) is 9.18. The Morgan fingerprint density at radius 1 is 1.24 bits per heavy atom. The number of amides is 1. The smallest absolute Gasteiger partial charge is 0.243 e. The maximum Gasteiger partial charge on any atom is 0.243 e. The number of nitrogens with one attached hydrogen (secondary N) is 1. The van der Waals surface area contributed by atoms with E-state index in [4.69, 9.17) is 0 Å². The maximum atomic E-state index is 13.4. The van der Waals surface area contributed by atoms with Gasteiger partial charge in [0.25, 0.3) is 0 Å². The number of carbonyl (C=O) groups is 1. The molecule has 1 N–H and O–H groups in total. The van der Waals surface area contributed by atoms with Crippen molar-refractivity contribution in [3.05, 3.63) is 41.5 Å². The quantitative estimate of drug-likeness (QED) is 0.833. The fourth-order valence-electron chi connectivity index (χ4n) is 3.67. The number of hydrogen-bond acceptors (Lipinski definition) is 2. The molecule has 3 rings (SSSR count). The van der Waals surface area contributed by atoms with E-state index >= 15 is 0 Å². The zero-order chi connectivity index (χ0) is 17.8. The Kier molecular flexibility index (Phi) is 5.71. The van der Waals surface area contributed by atoms with E-state index in [0.29, 0.717) is 18.2 Å². The van der Waals surface area contributed by atoms with Gasteiger partial charge in [0.2, 0.25) is 5.91 Å². The van der Waals surface area contributed by atoms with Crippen LogP contribution in [0.2, 0.25) is 0 Å². The summed E-state index contributed by atoms with van der Waals surface area (Å²) in [6, 6.07) is 4.01. The van der Waals surface area contributed by atoms with Gasteiger partial charge < -0.3 is 10.2 Å². The molecule has 1 aromatic rings. The first kappa shape index (κ1) is 17.9. The molecule has 5 heteroatoms. The van der Waals surface area contributed by atoms with Crippen LogP contribution in [0.5, 0.6) is 0 Å². The highest BCUT2D eigenvalue weighted by atomic mass is 19.2. The lowest BCUT2D eigenvalue weighted by Crippen LogP contribution is -2.30. The summed E-state index contributed by atoms with van der Waals surface area (Å²) in [6.07, 6.45) is 7.11. The third-order valence-corrected chi connectivity index (χ3v) is 5.37. The zero-order valence-electron chi connectivity index (χ0n) is 14.7. The number of nitrogens with zero attached hydrogens (tertiary/aromatic N) is 1. The summed E-state index contributed by atoms with van der Waals surface area (Å²) in [4.78, 5) is 14.1. The molecule has 3 nitrogen and oxygen atoms in total. The summed E-state index contributed by atoms with van der Waals surface area (Å²) in [5, 5.41) is 3.00. The summed E-state index contributed by atoms with van der Waals surface area (Å²) in [6.45, 7) is 4.43. The van der Waals surface area contributed by atoms with Crippen molar-refractivity contribution in [3.63, 3.8) is 0 Å². The molecular formula is C20H26F2N2O. The number of anilines is 1. The van der Waals surface area contributed by atoms with E-state index < -0.39 is 11.6 Å². The number of carbonyl (C=O) groups excluding carboxylic acids is 1. The molecule has 1 saturated heterocycles. The van der Waals surface area contributed by atoms with Crippen LogP contribution in [0.25, 0.3) is 0 Å². The monoisotopic (exact) mass is 348 g/mol. The minimum absolute atomic E-state index is 0.00386. The van der Waals surface area contributed by atoms with Gasteiger partial charge in [-0.25, -0.2) is 8.78 Å². The molecule has 25 heavy (non-hydrogen) atoms. The van der Waals surface area contributed by atoms with Crippen molar-refractivity contribution < 1.29 is 13.6 Å². The molecule has 136 valence electrons. The normalized spacial score (nSPS) is 23.6. The molecule has 0 radical (unpaired) electrons. The highest BCUT2D eigenvalue weighted by molar-refractivity contribution is 5.88. The van der Waals surface area contributed by atoms with Crippen molar-refractivity contribution in [1.29, 1.82) is 0 Å². The van der Waals surface area contributed by atoms with Crippen LogP contribution in [-0.4, -0.2) is 25.5 Å². The summed E-state index contributed by atoms with van der Waals surface area (Å²) in [5.41, 5.74) is 1.96. The van der Waals surface area contributed by atoms with Gasteiger partial charge in [-0.3, -0.25) is 4.79 Å². The Morgan fingerprint density at radius 3 is 2.72 bits per heavy atom. The predicted molar refractivity (Wildman–Crippen MR) is 95.4 cm³/mol. The molecule has 1 heterocycles. The second-order valence-electron chi connectivity index (χ2n) is 7.43. The molecule has 0 bridgehead atoms. The molecule has 2 aliphatic rings. The molecule has 0 spiro atoms. The Bertz CT molecular complexity index is 649. The summed E-state index contributed by atoms with van der Waals surface area (Å²) in [5.74, 6) is -0.543. The SMILES string of the molecule is CC1CCC(=CC(=O)NCC2CCN(c3ccc(F)c(F)c3)C2)CC1. The van der Waals surface area contributed by atoms with Gasteiger partial charge in [-0.05, 0) is 56.1 Å². The van der Waals surface area contributed by atoms with Gasteiger partial charge >= 0.3 is 0 Å². The predicted octanol–water partition coefficient (Wildman–Crippen LogP) is 4.04. The van der Waals surface area contributed by atoms with Crippen LogP contribution in [0.3, 0.4) is 0 Å². The largest absolute Gasteiger partial charge is 0.371 e. The van der Waals surface area contributed by atoms with E-state index in [9.17, 15) is 13.6 Å². The molecule has 1 aliphatic heterocycles. The van der Waals surface area contributed by atoms with Gasteiger partial charge in [-0.15, -0.1) is 0 Å². The molecule has 1 aliphatic carbocycles. The van der Waals surface area contributed by atoms with Crippen LogP contribution in [0.1, 0.15) is 39.0 Å². The average Bonchev–Trinajstić information content (AvgIpc) is 3.07. The average molecular weight is 348 g/mol. The molecule has 1 saturated carbocycles. The summed E-state index contributed by atoms with van der Waals surface area (Å²) in [7, 11) is 0. The standard InChI is InChI=1S/C20H26F2N2O/c1-14-2-4-15(5-3-14)10-20(25)23-12-16-8-9-24(13-16)17-6-7-18(21)19(22)11-17/h6-7,10-11,14,16H,2-5,8-9,12-13H2,1H3,(H,23,25). The lowest BCUT2D eigenvalue weighted by atomic mass is 9.87. The Morgan fingerprint density at radius 2 is 2.00 bits per heavy atom. The molecule has 0 aromatic heterocycles. The third-order valence-electron chi connectivity index (χ3n) is 5.37. The lowest BCUT2D eigenvalue weighted by Gasteiger charge is -2.20. The van der Waals surface area contributed by atoms with Gasteiger partial charge in [-0.2, -0.15) is 0 Å². The molecular weight excluding hydrogens is 322 g/mol. The number of halogens is 2. The van der Waals surface area contributed by atoms with E-state index in [2.05, 4.69) is 12.2 Å². The van der Waals surface area contributed by atoms with Crippen LogP contribution in [-0.2, 0) is 4.79 Å². The van der Waals surface area contributed by atoms with Crippen molar-refractivity contribution >= 4 is 11.6 Å². The molecule has 2 fully saturated rings. The molecule has 1 unspecified atom stereocenters. The van der Waals surface area contributed by atoms with Crippen molar-refractivity contribution in [2.45, 2.75) is 39.0 Å². The van der Waals surface area contributed by atoms with Crippen molar-refractivity contribution in [1.82, 2.24) is 5.32 Å². The topological polar surface area (TPSA) is 32.3 Å².